The van der Waals surface area contributed by atoms with E-state index in [1.165, 1.54) is 22.8 Å². The Labute approximate surface area is 201 Å². The summed E-state index contributed by atoms with van der Waals surface area (Å²) in [5, 5.41) is 10.4. The first-order valence-electron chi connectivity index (χ1n) is 12.0. The summed E-state index contributed by atoms with van der Waals surface area (Å²) in [5.74, 6) is -0.728. The van der Waals surface area contributed by atoms with E-state index in [1.54, 1.807) is 4.90 Å². The molecule has 0 saturated carbocycles. The normalized spacial score (nSPS) is 13.6. The van der Waals surface area contributed by atoms with Crippen LogP contribution in [0.15, 0.2) is 65.5 Å². The lowest BCUT2D eigenvalue weighted by molar-refractivity contribution is 0.0637. The summed E-state index contributed by atoms with van der Waals surface area (Å²) in [5.41, 5.74) is 3.95. The molecule has 1 aliphatic rings. The van der Waals surface area contributed by atoms with E-state index in [9.17, 15) is 14.7 Å². The van der Waals surface area contributed by atoms with Crippen LogP contribution in [0, 0.1) is 0 Å². The Morgan fingerprint density at radius 3 is 2.26 bits per heavy atom. The van der Waals surface area contributed by atoms with Crippen LogP contribution >= 0.6 is 0 Å². The average Bonchev–Trinajstić information content (AvgIpc) is 2.83. The third-order valence-corrected chi connectivity index (χ3v) is 6.42. The van der Waals surface area contributed by atoms with Crippen LogP contribution in [-0.4, -0.2) is 44.5 Å². The number of nitrogens with zero attached hydrogens (tertiary/aromatic N) is 3. The minimum atomic E-state index is -0.496. The molecule has 4 rings (SSSR count). The lowest BCUT2D eigenvalue weighted by Crippen LogP contribution is -2.46. The molecule has 6 nitrogen and oxygen atoms in total. The van der Waals surface area contributed by atoms with Crippen molar-refractivity contribution < 1.29 is 9.90 Å². The molecule has 34 heavy (non-hydrogen) atoms. The van der Waals surface area contributed by atoms with Crippen LogP contribution in [0.5, 0.6) is 5.75 Å². The molecular formula is C28H33N3O3. The van der Waals surface area contributed by atoms with Gasteiger partial charge in [0.15, 0.2) is 11.4 Å². The second-order valence-corrected chi connectivity index (χ2v) is 9.21. The van der Waals surface area contributed by atoms with Gasteiger partial charge in [0.05, 0.1) is 0 Å². The Hall–Kier alpha value is -3.38. The number of carbonyl (C=O) groups is 1. The van der Waals surface area contributed by atoms with E-state index >= 15 is 0 Å². The number of fused-ring (bicyclic) bond motifs is 1. The minimum absolute atomic E-state index is 0.00913. The van der Waals surface area contributed by atoms with Gasteiger partial charge in [-0.3, -0.25) is 14.5 Å². The van der Waals surface area contributed by atoms with Crippen LogP contribution in [-0.2, 0) is 19.6 Å². The van der Waals surface area contributed by atoms with E-state index in [1.807, 2.05) is 36.6 Å². The maximum absolute atomic E-state index is 13.0. The van der Waals surface area contributed by atoms with Gasteiger partial charge in [0, 0.05) is 44.0 Å². The van der Waals surface area contributed by atoms with E-state index in [2.05, 4.69) is 48.2 Å². The van der Waals surface area contributed by atoms with Crippen molar-refractivity contribution in [3.05, 3.63) is 87.8 Å². The Morgan fingerprint density at radius 2 is 1.62 bits per heavy atom. The zero-order valence-electron chi connectivity index (χ0n) is 20.2. The van der Waals surface area contributed by atoms with Gasteiger partial charge in [-0.05, 0) is 43.5 Å². The van der Waals surface area contributed by atoms with Crippen LogP contribution < -0.4 is 5.43 Å². The predicted octanol–water partition coefficient (Wildman–Crippen LogP) is 4.50. The fourth-order valence-corrected chi connectivity index (χ4v) is 4.68. The van der Waals surface area contributed by atoms with Gasteiger partial charge in [-0.2, -0.15) is 0 Å². The van der Waals surface area contributed by atoms with Crippen molar-refractivity contribution in [1.82, 2.24) is 14.4 Å². The summed E-state index contributed by atoms with van der Waals surface area (Å²) in [7, 11) is 0. The SMILES string of the molecule is CCCN(Cc1ccc(-c2ccccc2)cc1)Cc1cc(=O)c(O)c2n1CCN(C(C)C)C2=O. The largest absolute Gasteiger partial charge is 0.503 e. The quantitative estimate of drug-likeness (QED) is 0.539. The molecule has 2 heterocycles. The molecule has 3 aromatic rings. The number of carbonyl (C=O) groups excluding carboxylic acids is 1. The van der Waals surface area contributed by atoms with Crippen molar-refractivity contribution in [2.75, 3.05) is 13.1 Å². The van der Waals surface area contributed by atoms with Crippen LogP contribution in [0.4, 0.5) is 0 Å². The maximum atomic E-state index is 13.0. The fraction of sp³-hybridized carbons (Fsp3) is 0.357. The molecule has 0 radical (unpaired) electrons. The monoisotopic (exact) mass is 459 g/mol. The first-order valence-corrected chi connectivity index (χ1v) is 12.0. The van der Waals surface area contributed by atoms with Gasteiger partial charge in [0.25, 0.3) is 5.91 Å². The summed E-state index contributed by atoms with van der Waals surface area (Å²) >= 11 is 0. The highest BCUT2D eigenvalue weighted by atomic mass is 16.3. The van der Waals surface area contributed by atoms with Gasteiger partial charge >= 0.3 is 0 Å². The Balaban J connectivity index is 1.58. The van der Waals surface area contributed by atoms with Crippen LogP contribution in [0.25, 0.3) is 11.1 Å². The highest BCUT2D eigenvalue weighted by Crippen LogP contribution is 2.24. The molecule has 178 valence electrons. The standard InChI is InChI=1S/C28H33N3O3/c1-4-14-29(18-21-10-12-23(13-11-21)22-8-6-5-7-9-22)19-24-17-25(32)27(33)26-28(34)30(20(2)3)15-16-31(24)26/h5-13,17,20,33H,4,14-16,18-19H2,1-3H3. The van der Waals surface area contributed by atoms with Crippen molar-refractivity contribution in [1.29, 1.82) is 0 Å². The molecule has 1 aromatic heterocycles. The second-order valence-electron chi connectivity index (χ2n) is 9.21. The zero-order chi connectivity index (χ0) is 24.2. The first kappa shape index (κ1) is 23.8. The highest BCUT2D eigenvalue weighted by molar-refractivity contribution is 5.96. The third kappa shape index (κ3) is 4.92. The van der Waals surface area contributed by atoms with Crippen molar-refractivity contribution in [2.45, 2.75) is 52.9 Å². The number of aromatic nitrogens is 1. The number of aromatic hydroxyl groups is 1. The topological polar surface area (TPSA) is 65.8 Å². The number of amides is 1. The van der Waals surface area contributed by atoms with Gasteiger partial charge in [-0.15, -0.1) is 0 Å². The zero-order valence-corrected chi connectivity index (χ0v) is 20.2. The van der Waals surface area contributed by atoms with Crippen molar-refractivity contribution in [2.24, 2.45) is 0 Å². The highest BCUT2D eigenvalue weighted by Gasteiger charge is 2.31. The fourth-order valence-electron chi connectivity index (χ4n) is 4.68. The molecular weight excluding hydrogens is 426 g/mol. The van der Waals surface area contributed by atoms with E-state index in [-0.39, 0.29) is 17.6 Å². The van der Waals surface area contributed by atoms with Gasteiger partial charge in [-0.25, -0.2) is 0 Å². The summed E-state index contributed by atoms with van der Waals surface area (Å²) < 4.78 is 1.83. The van der Waals surface area contributed by atoms with Gasteiger partial charge in [0.1, 0.15) is 0 Å². The Morgan fingerprint density at radius 1 is 0.941 bits per heavy atom. The molecule has 2 aromatic carbocycles. The number of rotatable bonds is 8. The van der Waals surface area contributed by atoms with E-state index in [0.717, 1.165) is 25.2 Å². The van der Waals surface area contributed by atoms with Crippen LogP contribution in [0.3, 0.4) is 0 Å². The molecule has 1 amide bonds. The van der Waals surface area contributed by atoms with E-state index in [0.29, 0.717) is 19.6 Å². The molecule has 0 spiro atoms. The molecule has 0 aliphatic carbocycles. The van der Waals surface area contributed by atoms with Crippen LogP contribution in [0.2, 0.25) is 0 Å². The number of pyridine rings is 1. The van der Waals surface area contributed by atoms with Gasteiger partial charge in [-0.1, -0.05) is 61.5 Å². The lowest BCUT2D eigenvalue weighted by Gasteiger charge is -2.35. The predicted molar refractivity (Wildman–Crippen MR) is 135 cm³/mol. The number of benzene rings is 2. The number of hydrogen-bond donors (Lipinski definition) is 1. The summed E-state index contributed by atoms with van der Waals surface area (Å²) in [6, 6.07) is 20.4. The Kier molecular flexibility index (Phi) is 7.17. The molecule has 1 N–H and O–H groups in total. The molecule has 0 bridgehead atoms. The second kappa shape index (κ2) is 10.3. The first-order chi connectivity index (χ1) is 16.4. The van der Waals surface area contributed by atoms with Gasteiger partial charge in [0.2, 0.25) is 5.43 Å². The molecule has 1 aliphatic heterocycles. The minimum Gasteiger partial charge on any atom is -0.503 e. The molecule has 0 saturated heterocycles. The average molecular weight is 460 g/mol. The van der Waals surface area contributed by atoms with Crippen molar-refractivity contribution in [3.63, 3.8) is 0 Å². The van der Waals surface area contributed by atoms with Crippen molar-refractivity contribution >= 4 is 5.91 Å². The lowest BCUT2D eigenvalue weighted by atomic mass is 10.0. The van der Waals surface area contributed by atoms with E-state index in [4.69, 9.17) is 0 Å². The van der Waals surface area contributed by atoms with E-state index < -0.39 is 11.2 Å². The van der Waals surface area contributed by atoms with Crippen LogP contribution in [0.1, 0.15) is 48.9 Å². The molecule has 0 fully saturated rings. The summed E-state index contributed by atoms with van der Waals surface area (Å²) in [6.45, 7) is 9.27. The molecule has 0 unspecified atom stereocenters. The third-order valence-electron chi connectivity index (χ3n) is 6.42. The molecule has 0 atom stereocenters. The smallest absolute Gasteiger partial charge is 0.274 e. The summed E-state index contributed by atoms with van der Waals surface area (Å²) in [6.07, 6.45) is 0.970. The van der Waals surface area contributed by atoms with Gasteiger partial charge < -0.3 is 14.6 Å². The Bertz CT molecular complexity index is 1200. The molecule has 6 heteroatoms. The number of hydrogen-bond acceptors (Lipinski definition) is 4. The summed E-state index contributed by atoms with van der Waals surface area (Å²) in [4.78, 5) is 29.6. The maximum Gasteiger partial charge on any atom is 0.274 e. The van der Waals surface area contributed by atoms with Crippen molar-refractivity contribution in [3.8, 4) is 16.9 Å².